The SMILES string of the molecule is Cc1ccc(CNC(=O)[C@H]2CCCN(c3ccnc(Nc4cc(C5CCN(C(=O)OC(C)(C)C)CC5)[nH]n4)n3)C2)cc1. The molecule has 2 amide bonds. The smallest absolute Gasteiger partial charge is 0.410 e. The highest BCUT2D eigenvalue weighted by molar-refractivity contribution is 5.79. The summed E-state index contributed by atoms with van der Waals surface area (Å²) >= 11 is 0. The third-order valence-electron chi connectivity index (χ3n) is 7.77. The summed E-state index contributed by atoms with van der Waals surface area (Å²) in [6, 6.07) is 12.1. The summed E-state index contributed by atoms with van der Waals surface area (Å²) in [6.45, 7) is 11.0. The molecular weight excluding hydrogens is 532 g/mol. The molecule has 2 saturated heterocycles. The van der Waals surface area contributed by atoms with E-state index in [0.29, 0.717) is 37.9 Å². The average molecular weight is 575 g/mol. The van der Waals surface area contributed by atoms with Crippen molar-refractivity contribution in [2.75, 3.05) is 36.4 Å². The lowest BCUT2D eigenvalue weighted by Crippen LogP contribution is -2.43. The lowest BCUT2D eigenvalue weighted by Gasteiger charge is -2.33. The first-order valence-corrected chi connectivity index (χ1v) is 14.8. The van der Waals surface area contributed by atoms with Crippen LogP contribution in [0, 0.1) is 12.8 Å². The molecule has 42 heavy (non-hydrogen) atoms. The number of hydrogen-bond donors (Lipinski definition) is 3. The fourth-order valence-corrected chi connectivity index (χ4v) is 5.45. The van der Waals surface area contributed by atoms with Crippen molar-refractivity contribution >= 4 is 29.6 Å². The molecule has 4 heterocycles. The predicted octanol–water partition coefficient (Wildman–Crippen LogP) is 4.90. The number of hydrogen-bond acceptors (Lipinski definition) is 8. The number of H-pyrrole nitrogens is 1. The predicted molar refractivity (Wildman–Crippen MR) is 162 cm³/mol. The zero-order chi connectivity index (χ0) is 29.7. The van der Waals surface area contributed by atoms with Crippen molar-refractivity contribution in [1.29, 1.82) is 0 Å². The van der Waals surface area contributed by atoms with Crippen molar-refractivity contribution in [2.24, 2.45) is 5.92 Å². The fraction of sp³-hybridized carbons (Fsp3) is 0.516. The third-order valence-corrected chi connectivity index (χ3v) is 7.77. The van der Waals surface area contributed by atoms with Crippen LogP contribution in [0.1, 0.15) is 69.2 Å². The standard InChI is InChI=1S/C31H42N8O3/c1-21-7-9-22(10-8-21)19-33-28(40)24-6-5-15-39(20-24)27-11-14-32-29(35-27)34-26-18-25(36-37-26)23-12-16-38(17-13-23)30(41)42-31(2,3)4/h7-11,14,18,23-24H,5-6,12-13,15-17,19-20H2,1-4H3,(H,33,40)(H2,32,34,35,36,37)/t24-/m0/s1. The van der Waals surface area contributed by atoms with E-state index in [1.54, 1.807) is 11.1 Å². The van der Waals surface area contributed by atoms with E-state index in [4.69, 9.17) is 9.72 Å². The zero-order valence-electron chi connectivity index (χ0n) is 25.0. The molecule has 0 radical (unpaired) electrons. The Labute approximate surface area is 247 Å². The molecule has 11 heteroatoms. The Bertz CT molecular complexity index is 1360. The molecule has 2 aromatic heterocycles. The van der Waals surface area contributed by atoms with Crippen molar-refractivity contribution in [1.82, 2.24) is 30.4 Å². The molecule has 0 bridgehead atoms. The van der Waals surface area contributed by atoms with E-state index < -0.39 is 5.60 Å². The molecule has 1 atom stereocenters. The van der Waals surface area contributed by atoms with Crippen molar-refractivity contribution in [3.8, 4) is 0 Å². The van der Waals surface area contributed by atoms with Crippen LogP contribution in [-0.2, 0) is 16.1 Å². The Morgan fingerprint density at radius 1 is 1.07 bits per heavy atom. The maximum absolute atomic E-state index is 12.9. The number of likely N-dealkylation sites (tertiary alicyclic amines) is 1. The molecule has 2 aliphatic heterocycles. The number of carbonyl (C=O) groups excluding carboxylic acids is 2. The normalized spacial score (nSPS) is 18.0. The Morgan fingerprint density at radius 2 is 1.83 bits per heavy atom. The van der Waals surface area contributed by atoms with E-state index in [1.807, 2.05) is 32.9 Å². The topological polar surface area (TPSA) is 128 Å². The number of aromatic amines is 1. The molecule has 5 rings (SSSR count). The van der Waals surface area contributed by atoms with Crippen LogP contribution in [0.25, 0.3) is 0 Å². The molecule has 11 nitrogen and oxygen atoms in total. The summed E-state index contributed by atoms with van der Waals surface area (Å²) in [6.07, 6.45) is 4.92. The van der Waals surface area contributed by atoms with Crippen molar-refractivity contribution in [3.05, 3.63) is 59.4 Å². The van der Waals surface area contributed by atoms with Crippen LogP contribution >= 0.6 is 0 Å². The van der Waals surface area contributed by atoms with Crippen LogP contribution in [0.5, 0.6) is 0 Å². The van der Waals surface area contributed by atoms with Gasteiger partial charge in [-0.3, -0.25) is 9.89 Å². The second-order valence-electron chi connectivity index (χ2n) is 12.3. The van der Waals surface area contributed by atoms with E-state index in [1.165, 1.54) is 5.56 Å². The van der Waals surface area contributed by atoms with Gasteiger partial charge < -0.3 is 25.2 Å². The highest BCUT2D eigenvalue weighted by Gasteiger charge is 2.29. The van der Waals surface area contributed by atoms with Crippen molar-refractivity contribution in [2.45, 2.75) is 71.4 Å². The Morgan fingerprint density at radius 3 is 2.57 bits per heavy atom. The molecule has 0 saturated carbocycles. The zero-order valence-corrected chi connectivity index (χ0v) is 25.0. The Balaban J connectivity index is 1.13. The van der Waals surface area contributed by atoms with Crippen LogP contribution in [0.3, 0.4) is 0 Å². The van der Waals surface area contributed by atoms with E-state index in [0.717, 1.165) is 49.3 Å². The van der Waals surface area contributed by atoms with Crippen LogP contribution in [0.4, 0.5) is 22.4 Å². The molecule has 224 valence electrons. The van der Waals surface area contributed by atoms with Gasteiger partial charge in [0, 0.05) is 56.6 Å². The van der Waals surface area contributed by atoms with Crippen molar-refractivity contribution in [3.63, 3.8) is 0 Å². The van der Waals surface area contributed by atoms with Gasteiger partial charge in [0.05, 0.1) is 5.92 Å². The molecule has 0 aliphatic carbocycles. The largest absolute Gasteiger partial charge is 0.444 e. The van der Waals surface area contributed by atoms with Crippen LogP contribution < -0.4 is 15.5 Å². The summed E-state index contributed by atoms with van der Waals surface area (Å²) in [7, 11) is 0. The Kier molecular flexibility index (Phi) is 8.94. The van der Waals surface area contributed by atoms with Gasteiger partial charge in [0.15, 0.2) is 5.82 Å². The maximum Gasteiger partial charge on any atom is 0.410 e. The molecule has 3 aromatic rings. The number of amides is 2. The van der Waals surface area contributed by atoms with Crippen molar-refractivity contribution < 1.29 is 14.3 Å². The third kappa shape index (κ3) is 7.77. The first kappa shape index (κ1) is 29.3. The summed E-state index contributed by atoms with van der Waals surface area (Å²) < 4.78 is 5.51. The van der Waals surface area contributed by atoms with Gasteiger partial charge in [0.25, 0.3) is 0 Å². The van der Waals surface area contributed by atoms with Gasteiger partial charge >= 0.3 is 6.09 Å². The lowest BCUT2D eigenvalue weighted by atomic mass is 9.94. The maximum atomic E-state index is 12.9. The molecule has 0 unspecified atom stereocenters. The van der Waals surface area contributed by atoms with Gasteiger partial charge in [-0.25, -0.2) is 9.78 Å². The highest BCUT2D eigenvalue weighted by Crippen LogP contribution is 2.29. The van der Waals surface area contributed by atoms with E-state index >= 15 is 0 Å². The molecule has 0 spiro atoms. The Hall–Kier alpha value is -4.15. The minimum Gasteiger partial charge on any atom is -0.444 e. The van der Waals surface area contributed by atoms with Crippen LogP contribution in [-0.4, -0.2) is 68.8 Å². The number of benzene rings is 1. The molecule has 1 aromatic carbocycles. The minimum absolute atomic E-state index is 0.0775. The number of carbonyl (C=O) groups is 2. The summed E-state index contributed by atoms with van der Waals surface area (Å²) in [5, 5.41) is 13.9. The number of ether oxygens (including phenoxy) is 1. The number of nitrogens with zero attached hydrogens (tertiary/aromatic N) is 5. The second-order valence-corrected chi connectivity index (χ2v) is 12.3. The van der Waals surface area contributed by atoms with E-state index in [2.05, 4.69) is 61.9 Å². The number of nitrogens with one attached hydrogen (secondary N) is 3. The van der Waals surface area contributed by atoms with E-state index in [-0.39, 0.29) is 23.8 Å². The average Bonchev–Trinajstić information content (AvgIpc) is 3.44. The molecule has 3 N–H and O–H groups in total. The molecular formula is C31H42N8O3. The molecule has 2 fully saturated rings. The fourth-order valence-electron chi connectivity index (χ4n) is 5.45. The van der Waals surface area contributed by atoms with Crippen LogP contribution in [0.15, 0.2) is 42.6 Å². The van der Waals surface area contributed by atoms with Gasteiger partial charge in [-0.05, 0) is 65.0 Å². The van der Waals surface area contributed by atoms with Gasteiger partial charge in [-0.1, -0.05) is 29.8 Å². The lowest BCUT2D eigenvalue weighted by molar-refractivity contribution is -0.125. The van der Waals surface area contributed by atoms with Gasteiger partial charge in [0.1, 0.15) is 11.4 Å². The first-order chi connectivity index (χ1) is 20.1. The first-order valence-electron chi connectivity index (χ1n) is 14.8. The number of aryl methyl sites for hydroxylation is 1. The number of piperidine rings is 2. The second kappa shape index (κ2) is 12.8. The summed E-state index contributed by atoms with van der Waals surface area (Å²) in [5.74, 6) is 2.15. The number of rotatable bonds is 7. The quantitative estimate of drug-likeness (QED) is 0.364. The summed E-state index contributed by atoms with van der Waals surface area (Å²) in [4.78, 5) is 38.4. The van der Waals surface area contributed by atoms with Gasteiger partial charge in [-0.15, -0.1) is 0 Å². The number of aromatic nitrogens is 4. The van der Waals surface area contributed by atoms with E-state index in [9.17, 15) is 9.59 Å². The summed E-state index contributed by atoms with van der Waals surface area (Å²) in [5.41, 5.74) is 2.83. The molecule has 2 aliphatic rings. The van der Waals surface area contributed by atoms with Crippen LogP contribution in [0.2, 0.25) is 0 Å². The van der Waals surface area contributed by atoms with Gasteiger partial charge in [-0.2, -0.15) is 10.1 Å². The monoisotopic (exact) mass is 574 g/mol. The van der Waals surface area contributed by atoms with Gasteiger partial charge in [0.2, 0.25) is 11.9 Å². The number of anilines is 3. The minimum atomic E-state index is -0.497. The highest BCUT2D eigenvalue weighted by atomic mass is 16.6.